The molecule has 0 aliphatic heterocycles. The second kappa shape index (κ2) is 7.23. The Morgan fingerprint density at radius 2 is 2.38 bits per heavy atom. The Morgan fingerprint density at radius 1 is 1.50 bits per heavy atom. The van der Waals surface area contributed by atoms with Gasteiger partial charge in [0.1, 0.15) is 11.5 Å². The van der Waals surface area contributed by atoms with E-state index in [-0.39, 0.29) is 11.6 Å². The number of H-pyrrole nitrogens is 1. The maximum absolute atomic E-state index is 12.0. The number of hydrogen-bond donors (Lipinski definition) is 2. The highest BCUT2D eigenvalue weighted by atomic mass is 32.1. The van der Waals surface area contributed by atoms with E-state index in [4.69, 9.17) is 12.2 Å². The van der Waals surface area contributed by atoms with Crippen LogP contribution >= 0.6 is 23.6 Å². The molecule has 3 heterocycles. The molecule has 0 radical (unpaired) electrons. The predicted molar refractivity (Wildman–Crippen MR) is 92.5 cm³/mol. The van der Waals surface area contributed by atoms with E-state index in [1.54, 1.807) is 6.08 Å². The first-order valence-corrected chi connectivity index (χ1v) is 8.23. The Hall–Kier alpha value is -2.72. The Labute approximate surface area is 146 Å². The molecule has 3 rings (SSSR count). The van der Waals surface area contributed by atoms with Crippen LogP contribution in [0.3, 0.4) is 0 Å². The number of amides is 1. The van der Waals surface area contributed by atoms with E-state index in [1.807, 2.05) is 9.95 Å². The van der Waals surface area contributed by atoms with Crippen LogP contribution in [-0.4, -0.2) is 35.6 Å². The largest absolute Gasteiger partial charge is 0.300 e. The predicted octanol–water partition coefficient (Wildman–Crippen LogP) is 2.22. The summed E-state index contributed by atoms with van der Waals surface area (Å²) < 4.78 is 2.38. The van der Waals surface area contributed by atoms with Gasteiger partial charge in [0.2, 0.25) is 0 Å². The molecule has 0 aliphatic carbocycles. The molecule has 0 fully saturated rings. The fourth-order valence-electron chi connectivity index (χ4n) is 1.99. The van der Waals surface area contributed by atoms with Crippen LogP contribution in [0.2, 0.25) is 0 Å². The van der Waals surface area contributed by atoms with E-state index < -0.39 is 0 Å². The molecule has 24 heavy (non-hydrogen) atoms. The number of carbonyl (C=O) groups is 1. The summed E-state index contributed by atoms with van der Waals surface area (Å²) in [6, 6.07) is 0. The zero-order valence-corrected chi connectivity index (χ0v) is 14.1. The van der Waals surface area contributed by atoms with Crippen molar-refractivity contribution in [3.05, 3.63) is 58.6 Å². The van der Waals surface area contributed by atoms with Crippen LogP contribution in [-0.2, 0) is 13.0 Å². The highest BCUT2D eigenvalue weighted by Crippen LogP contribution is 2.18. The van der Waals surface area contributed by atoms with Crippen LogP contribution in [0.15, 0.2) is 36.6 Å². The minimum absolute atomic E-state index is 0.237. The standard InChI is InChI=1S/C14H13N7OS2/c1-2-5-21-11(19-20-14(21)23)6-9-8-24-13(17-9)18-12(22)10-7-15-3-4-16-10/h2-4,7-8H,1,5-6H2,(H,20,23)(H,17,18,22). The van der Waals surface area contributed by atoms with Gasteiger partial charge in [-0.3, -0.25) is 24.8 Å². The topological polar surface area (TPSA) is 101 Å². The van der Waals surface area contributed by atoms with Gasteiger partial charge in [0.25, 0.3) is 5.91 Å². The molecule has 0 saturated carbocycles. The smallest absolute Gasteiger partial charge is 0.277 e. The average Bonchev–Trinajstić information content (AvgIpc) is 3.17. The third-order valence-electron chi connectivity index (χ3n) is 3.06. The maximum atomic E-state index is 12.0. The second-order valence-electron chi connectivity index (χ2n) is 4.71. The van der Waals surface area contributed by atoms with E-state index in [2.05, 4.69) is 37.0 Å². The molecule has 2 N–H and O–H groups in total. The molecule has 0 atom stereocenters. The number of nitrogens with zero attached hydrogens (tertiary/aromatic N) is 5. The molecule has 10 heteroatoms. The van der Waals surface area contributed by atoms with Gasteiger partial charge < -0.3 is 0 Å². The summed E-state index contributed by atoms with van der Waals surface area (Å²) in [5.41, 5.74) is 1.02. The highest BCUT2D eigenvalue weighted by molar-refractivity contribution is 7.71. The summed E-state index contributed by atoms with van der Waals surface area (Å²) in [6.45, 7) is 4.28. The lowest BCUT2D eigenvalue weighted by atomic mass is 10.3. The zero-order valence-electron chi connectivity index (χ0n) is 12.5. The van der Waals surface area contributed by atoms with Gasteiger partial charge in [-0.1, -0.05) is 6.08 Å². The molecule has 0 aliphatic rings. The van der Waals surface area contributed by atoms with Gasteiger partial charge in [-0.15, -0.1) is 17.9 Å². The van der Waals surface area contributed by atoms with Crippen LogP contribution in [0.4, 0.5) is 5.13 Å². The number of allylic oxidation sites excluding steroid dienone is 1. The number of aromatic nitrogens is 6. The molecule has 0 spiro atoms. The van der Waals surface area contributed by atoms with Crippen molar-refractivity contribution in [3.63, 3.8) is 0 Å². The summed E-state index contributed by atoms with van der Waals surface area (Å²) in [4.78, 5) is 24.2. The number of carbonyl (C=O) groups excluding carboxylic acids is 1. The van der Waals surface area contributed by atoms with Crippen molar-refractivity contribution < 1.29 is 4.79 Å². The van der Waals surface area contributed by atoms with E-state index in [0.29, 0.717) is 22.9 Å². The van der Waals surface area contributed by atoms with Gasteiger partial charge in [-0.2, -0.15) is 5.10 Å². The van der Waals surface area contributed by atoms with E-state index >= 15 is 0 Å². The van der Waals surface area contributed by atoms with Crippen LogP contribution in [0.25, 0.3) is 0 Å². The Balaban J connectivity index is 1.71. The van der Waals surface area contributed by atoms with Crippen LogP contribution in [0, 0.1) is 4.77 Å². The molecule has 3 aromatic rings. The lowest BCUT2D eigenvalue weighted by Gasteiger charge is -2.02. The molecular formula is C14H13N7OS2. The lowest BCUT2D eigenvalue weighted by Crippen LogP contribution is -2.13. The fraction of sp³-hybridized carbons (Fsp3) is 0.143. The second-order valence-corrected chi connectivity index (χ2v) is 5.95. The summed E-state index contributed by atoms with van der Waals surface area (Å²) in [7, 11) is 0. The molecule has 1 amide bonds. The summed E-state index contributed by atoms with van der Waals surface area (Å²) in [5.74, 6) is 0.412. The molecule has 8 nitrogen and oxygen atoms in total. The molecule has 3 aromatic heterocycles. The Kier molecular flexibility index (Phi) is 4.87. The third-order valence-corrected chi connectivity index (χ3v) is 4.17. The molecule has 0 unspecified atom stereocenters. The van der Waals surface area contributed by atoms with Crippen LogP contribution < -0.4 is 5.32 Å². The minimum atomic E-state index is -0.349. The normalized spacial score (nSPS) is 10.5. The molecule has 0 aromatic carbocycles. The van der Waals surface area contributed by atoms with E-state index in [0.717, 1.165) is 11.5 Å². The Bertz CT molecular complexity index is 913. The SMILES string of the molecule is C=CCn1c(Cc2csc(NC(=O)c3cnccn3)n2)n[nH]c1=S. The first-order chi connectivity index (χ1) is 11.7. The van der Waals surface area contributed by atoms with Gasteiger partial charge >= 0.3 is 0 Å². The number of rotatable bonds is 6. The van der Waals surface area contributed by atoms with Gasteiger partial charge in [0, 0.05) is 24.3 Å². The van der Waals surface area contributed by atoms with Gasteiger partial charge in [-0.05, 0) is 12.2 Å². The van der Waals surface area contributed by atoms with Crippen molar-refractivity contribution >= 4 is 34.6 Å². The van der Waals surface area contributed by atoms with Gasteiger partial charge in [0.15, 0.2) is 9.90 Å². The molecule has 0 bridgehead atoms. The van der Waals surface area contributed by atoms with Crippen molar-refractivity contribution in [2.75, 3.05) is 5.32 Å². The first-order valence-electron chi connectivity index (χ1n) is 6.94. The maximum Gasteiger partial charge on any atom is 0.277 e. The zero-order chi connectivity index (χ0) is 16.9. The van der Waals surface area contributed by atoms with Crippen molar-refractivity contribution in [1.29, 1.82) is 0 Å². The number of anilines is 1. The lowest BCUT2D eigenvalue weighted by molar-refractivity contribution is 0.102. The summed E-state index contributed by atoms with van der Waals surface area (Å²) >= 11 is 6.51. The monoisotopic (exact) mass is 359 g/mol. The van der Waals surface area contributed by atoms with Crippen molar-refractivity contribution in [2.45, 2.75) is 13.0 Å². The van der Waals surface area contributed by atoms with Crippen LogP contribution in [0.1, 0.15) is 22.0 Å². The fourth-order valence-corrected chi connectivity index (χ4v) is 2.92. The quantitative estimate of drug-likeness (QED) is 0.517. The molecule has 0 saturated heterocycles. The van der Waals surface area contributed by atoms with E-state index in [1.165, 1.54) is 29.9 Å². The minimum Gasteiger partial charge on any atom is -0.300 e. The van der Waals surface area contributed by atoms with Gasteiger partial charge in [-0.25, -0.2) is 9.97 Å². The number of aromatic amines is 1. The average molecular weight is 359 g/mol. The first kappa shape index (κ1) is 16.1. The van der Waals surface area contributed by atoms with Gasteiger partial charge in [0.05, 0.1) is 18.3 Å². The summed E-state index contributed by atoms with van der Waals surface area (Å²) in [6.07, 6.45) is 6.62. The molecule has 122 valence electrons. The number of hydrogen-bond acceptors (Lipinski definition) is 7. The van der Waals surface area contributed by atoms with Crippen molar-refractivity contribution in [2.24, 2.45) is 0 Å². The van der Waals surface area contributed by atoms with Crippen molar-refractivity contribution in [1.82, 2.24) is 29.7 Å². The highest BCUT2D eigenvalue weighted by Gasteiger charge is 2.12. The third kappa shape index (κ3) is 3.60. The Morgan fingerprint density at radius 3 is 3.12 bits per heavy atom. The summed E-state index contributed by atoms with van der Waals surface area (Å²) in [5, 5.41) is 12.0. The van der Waals surface area contributed by atoms with E-state index in [9.17, 15) is 4.79 Å². The number of thiazole rings is 1. The number of nitrogens with one attached hydrogen (secondary N) is 2. The molecular weight excluding hydrogens is 346 g/mol. The van der Waals surface area contributed by atoms with Crippen LogP contribution in [0.5, 0.6) is 0 Å². The van der Waals surface area contributed by atoms with Crippen molar-refractivity contribution in [3.8, 4) is 0 Å².